The third kappa shape index (κ3) is 3.60. The molecule has 0 spiro atoms. The first-order valence-corrected chi connectivity index (χ1v) is 7.93. The summed E-state index contributed by atoms with van der Waals surface area (Å²) in [7, 11) is 0. The summed E-state index contributed by atoms with van der Waals surface area (Å²) >= 11 is 0. The zero-order valence-electron chi connectivity index (χ0n) is 13.0. The molecule has 110 valence electrons. The van der Waals surface area contributed by atoms with Crippen molar-refractivity contribution in [2.24, 2.45) is 0 Å². The van der Waals surface area contributed by atoms with E-state index in [1.807, 2.05) is 0 Å². The first kappa shape index (κ1) is 15.0. The minimum absolute atomic E-state index is 0.630. The molecule has 1 aromatic carbocycles. The lowest BCUT2D eigenvalue weighted by atomic mass is 10.1. The number of nitrogens with one attached hydrogen (secondary N) is 1. The van der Waals surface area contributed by atoms with E-state index in [1.54, 1.807) is 0 Å². The molecule has 0 fully saturated rings. The maximum atomic E-state index is 4.73. The molecule has 2 aromatic rings. The summed E-state index contributed by atoms with van der Waals surface area (Å²) in [5.74, 6) is 1.21. The van der Waals surface area contributed by atoms with Gasteiger partial charge in [-0.2, -0.15) is 0 Å². The molecule has 2 rings (SSSR count). The fourth-order valence-corrected chi connectivity index (χ4v) is 2.82. The molecule has 0 aliphatic carbocycles. The Morgan fingerprint density at radius 3 is 2.75 bits per heavy atom. The SMILES string of the molecule is CCNC(C)CCCCn1c(CC)nc2ccccc21. The molecule has 0 saturated heterocycles. The van der Waals surface area contributed by atoms with Gasteiger partial charge in [-0.3, -0.25) is 0 Å². The number of hydrogen-bond acceptors (Lipinski definition) is 2. The van der Waals surface area contributed by atoms with Crippen LogP contribution < -0.4 is 5.32 Å². The van der Waals surface area contributed by atoms with Gasteiger partial charge in [0.2, 0.25) is 0 Å². The summed E-state index contributed by atoms with van der Waals surface area (Å²) in [5, 5.41) is 3.47. The van der Waals surface area contributed by atoms with E-state index in [-0.39, 0.29) is 0 Å². The summed E-state index contributed by atoms with van der Waals surface area (Å²) in [4.78, 5) is 4.73. The molecule has 20 heavy (non-hydrogen) atoms. The highest BCUT2D eigenvalue weighted by molar-refractivity contribution is 5.75. The molecule has 0 amide bonds. The van der Waals surface area contributed by atoms with Gasteiger partial charge < -0.3 is 9.88 Å². The van der Waals surface area contributed by atoms with Gasteiger partial charge in [0.15, 0.2) is 0 Å². The highest BCUT2D eigenvalue weighted by Crippen LogP contribution is 2.17. The number of imidazole rings is 1. The van der Waals surface area contributed by atoms with Gasteiger partial charge in [0.1, 0.15) is 5.82 Å². The average molecular weight is 273 g/mol. The lowest BCUT2D eigenvalue weighted by Crippen LogP contribution is -2.25. The molecule has 0 saturated carbocycles. The van der Waals surface area contributed by atoms with Crippen molar-refractivity contribution in [1.82, 2.24) is 14.9 Å². The number of fused-ring (bicyclic) bond motifs is 1. The highest BCUT2D eigenvalue weighted by atomic mass is 15.1. The second-order valence-electron chi connectivity index (χ2n) is 5.48. The van der Waals surface area contributed by atoms with Crippen molar-refractivity contribution in [3.8, 4) is 0 Å². The van der Waals surface area contributed by atoms with E-state index in [0.717, 1.165) is 25.0 Å². The Morgan fingerprint density at radius 2 is 2.00 bits per heavy atom. The Balaban J connectivity index is 1.95. The van der Waals surface area contributed by atoms with E-state index in [9.17, 15) is 0 Å². The van der Waals surface area contributed by atoms with Crippen LogP contribution in [0.1, 0.15) is 45.9 Å². The molecular formula is C17H27N3. The van der Waals surface area contributed by atoms with Gasteiger partial charge in [0, 0.05) is 19.0 Å². The van der Waals surface area contributed by atoms with E-state index in [4.69, 9.17) is 4.98 Å². The van der Waals surface area contributed by atoms with Gasteiger partial charge in [-0.15, -0.1) is 0 Å². The van der Waals surface area contributed by atoms with E-state index in [2.05, 4.69) is 54.9 Å². The van der Waals surface area contributed by atoms with Crippen molar-refractivity contribution < 1.29 is 0 Å². The van der Waals surface area contributed by atoms with Crippen LogP contribution in [0.25, 0.3) is 11.0 Å². The van der Waals surface area contributed by atoms with Gasteiger partial charge in [-0.05, 0) is 38.4 Å². The molecule has 0 radical (unpaired) electrons. The summed E-state index contributed by atoms with van der Waals surface area (Å²) in [5.41, 5.74) is 2.41. The lowest BCUT2D eigenvalue weighted by molar-refractivity contribution is 0.485. The summed E-state index contributed by atoms with van der Waals surface area (Å²) in [6.45, 7) is 8.77. The fourth-order valence-electron chi connectivity index (χ4n) is 2.82. The zero-order valence-corrected chi connectivity index (χ0v) is 13.0. The van der Waals surface area contributed by atoms with E-state index >= 15 is 0 Å². The van der Waals surface area contributed by atoms with Crippen molar-refractivity contribution >= 4 is 11.0 Å². The van der Waals surface area contributed by atoms with Gasteiger partial charge in [-0.25, -0.2) is 4.98 Å². The van der Waals surface area contributed by atoms with E-state index < -0.39 is 0 Å². The summed E-state index contributed by atoms with van der Waals surface area (Å²) < 4.78 is 2.40. The lowest BCUT2D eigenvalue weighted by Gasteiger charge is -2.12. The minimum atomic E-state index is 0.630. The van der Waals surface area contributed by atoms with Gasteiger partial charge in [0.25, 0.3) is 0 Å². The summed E-state index contributed by atoms with van der Waals surface area (Å²) in [6.07, 6.45) is 4.75. The number of para-hydroxylation sites is 2. The van der Waals surface area contributed by atoms with Crippen molar-refractivity contribution in [1.29, 1.82) is 0 Å². The van der Waals surface area contributed by atoms with Crippen LogP contribution >= 0.6 is 0 Å². The topological polar surface area (TPSA) is 29.9 Å². The van der Waals surface area contributed by atoms with Crippen molar-refractivity contribution in [2.75, 3.05) is 6.54 Å². The molecule has 1 aromatic heterocycles. The molecule has 1 unspecified atom stereocenters. The van der Waals surface area contributed by atoms with Crippen LogP contribution in [0.15, 0.2) is 24.3 Å². The van der Waals surface area contributed by atoms with E-state index in [0.29, 0.717) is 6.04 Å². The standard InChI is InChI=1S/C17H27N3/c1-4-17-19-15-11-6-7-12-16(15)20(17)13-9-8-10-14(3)18-5-2/h6-7,11-12,14,18H,4-5,8-10,13H2,1-3H3. The normalized spacial score (nSPS) is 12.9. The Hall–Kier alpha value is -1.35. The Morgan fingerprint density at radius 1 is 1.20 bits per heavy atom. The van der Waals surface area contributed by atoms with Crippen LogP contribution in [0, 0.1) is 0 Å². The molecule has 1 N–H and O–H groups in total. The highest BCUT2D eigenvalue weighted by Gasteiger charge is 2.08. The number of rotatable bonds is 8. The van der Waals surface area contributed by atoms with Crippen molar-refractivity contribution in [3.63, 3.8) is 0 Å². The number of unbranched alkanes of at least 4 members (excludes halogenated alkanes) is 1. The number of aromatic nitrogens is 2. The van der Waals surface area contributed by atoms with Crippen LogP contribution in [0.2, 0.25) is 0 Å². The van der Waals surface area contributed by atoms with Gasteiger partial charge >= 0.3 is 0 Å². The van der Waals surface area contributed by atoms with Crippen LogP contribution in [0.4, 0.5) is 0 Å². The second-order valence-corrected chi connectivity index (χ2v) is 5.48. The molecule has 1 heterocycles. The number of hydrogen-bond donors (Lipinski definition) is 1. The first-order chi connectivity index (χ1) is 9.76. The molecule has 0 aliphatic heterocycles. The van der Waals surface area contributed by atoms with Crippen molar-refractivity contribution in [2.45, 2.75) is 59.0 Å². The molecular weight excluding hydrogens is 246 g/mol. The molecule has 1 atom stereocenters. The predicted octanol–water partition coefficient (Wildman–Crippen LogP) is 3.77. The average Bonchev–Trinajstić information content (AvgIpc) is 2.82. The smallest absolute Gasteiger partial charge is 0.109 e. The van der Waals surface area contributed by atoms with E-state index in [1.165, 1.54) is 30.6 Å². The second kappa shape index (κ2) is 7.44. The number of aryl methyl sites for hydroxylation is 2. The fraction of sp³-hybridized carbons (Fsp3) is 0.588. The third-order valence-electron chi connectivity index (χ3n) is 3.87. The van der Waals surface area contributed by atoms with Gasteiger partial charge in [0.05, 0.1) is 11.0 Å². The monoisotopic (exact) mass is 273 g/mol. The van der Waals surface area contributed by atoms with Crippen LogP contribution in [-0.2, 0) is 13.0 Å². The number of benzene rings is 1. The molecule has 3 heteroatoms. The molecule has 0 bridgehead atoms. The minimum Gasteiger partial charge on any atom is -0.328 e. The van der Waals surface area contributed by atoms with Crippen LogP contribution in [0.3, 0.4) is 0 Å². The van der Waals surface area contributed by atoms with Crippen LogP contribution in [0.5, 0.6) is 0 Å². The Kier molecular flexibility index (Phi) is 5.60. The maximum Gasteiger partial charge on any atom is 0.109 e. The van der Waals surface area contributed by atoms with Crippen LogP contribution in [-0.4, -0.2) is 22.1 Å². The van der Waals surface area contributed by atoms with Gasteiger partial charge in [-0.1, -0.05) is 32.4 Å². The maximum absolute atomic E-state index is 4.73. The zero-order chi connectivity index (χ0) is 14.4. The number of nitrogens with zero attached hydrogens (tertiary/aromatic N) is 2. The predicted molar refractivity (Wildman–Crippen MR) is 86.1 cm³/mol. The summed E-state index contributed by atoms with van der Waals surface area (Å²) in [6, 6.07) is 9.09. The Labute approximate surface area is 122 Å². The largest absolute Gasteiger partial charge is 0.328 e. The van der Waals surface area contributed by atoms with Crippen molar-refractivity contribution in [3.05, 3.63) is 30.1 Å². The quantitative estimate of drug-likeness (QED) is 0.742. The molecule has 0 aliphatic rings. The first-order valence-electron chi connectivity index (χ1n) is 7.93. The third-order valence-corrected chi connectivity index (χ3v) is 3.87. The molecule has 3 nitrogen and oxygen atoms in total. The Bertz CT molecular complexity index is 530.